The van der Waals surface area contributed by atoms with Crippen molar-refractivity contribution in [3.8, 4) is 0 Å². The maximum atomic E-state index is 13.3. The average Bonchev–Trinajstić information content (AvgIpc) is 3.13. The van der Waals surface area contributed by atoms with Crippen LogP contribution in [0.25, 0.3) is 0 Å². The topological polar surface area (TPSA) is 80.1 Å². The summed E-state index contributed by atoms with van der Waals surface area (Å²) in [6.45, 7) is 0.689. The van der Waals surface area contributed by atoms with Gasteiger partial charge in [-0.05, 0) is 18.2 Å². The molecule has 1 aliphatic rings. The van der Waals surface area contributed by atoms with Crippen molar-refractivity contribution in [1.29, 1.82) is 0 Å². The first kappa shape index (κ1) is 16.1. The molecule has 0 aliphatic carbocycles. The Morgan fingerprint density at radius 2 is 2.29 bits per heavy atom. The van der Waals surface area contributed by atoms with Crippen LogP contribution in [0.3, 0.4) is 0 Å². The predicted octanol–water partition coefficient (Wildman–Crippen LogP) is 0.666. The maximum Gasteiger partial charge on any atom is 0.227 e. The highest BCUT2D eigenvalue weighted by Crippen LogP contribution is 2.25. The Labute approximate surface area is 138 Å². The van der Waals surface area contributed by atoms with E-state index < -0.39 is 11.7 Å². The summed E-state index contributed by atoms with van der Waals surface area (Å²) in [6, 6.07) is 5.83. The van der Waals surface area contributed by atoms with Crippen molar-refractivity contribution in [3.05, 3.63) is 42.2 Å². The number of anilines is 1. The van der Waals surface area contributed by atoms with Gasteiger partial charge in [-0.2, -0.15) is 5.10 Å². The van der Waals surface area contributed by atoms with Crippen LogP contribution in [0, 0.1) is 11.7 Å². The van der Waals surface area contributed by atoms with Crippen LogP contribution in [0.15, 0.2) is 30.6 Å². The van der Waals surface area contributed by atoms with Gasteiger partial charge in [-0.3, -0.25) is 14.3 Å². The van der Waals surface area contributed by atoms with Gasteiger partial charge in [-0.1, -0.05) is 6.07 Å². The second-order valence-electron chi connectivity index (χ2n) is 5.73. The first-order valence-corrected chi connectivity index (χ1v) is 7.71. The second-order valence-corrected chi connectivity index (χ2v) is 5.73. The minimum absolute atomic E-state index is 0.131. The fourth-order valence-corrected chi connectivity index (χ4v) is 2.77. The summed E-state index contributed by atoms with van der Waals surface area (Å²) in [5, 5.41) is 6.78. The van der Waals surface area contributed by atoms with Crippen LogP contribution >= 0.6 is 0 Å². The molecule has 0 spiro atoms. The molecule has 1 aromatic heterocycles. The lowest BCUT2D eigenvalue weighted by Crippen LogP contribution is -2.34. The molecule has 126 valence electrons. The minimum Gasteiger partial charge on any atom is -0.355 e. The van der Waals surface area contributed by atoms with Crippen molar-refractivity contribution < 1.29 is 14.0 Å². The molecule has 1 aromatic carbocycles. The van der Waals surface area contributed by atoms with Crippen molar-refractivity contribution in [2.24, 2.45) is 13.0 Å². The summed E-state index contributed by atoms with van der Waals surface area (Å²) >= 11 is 0. The lowest BCUT2D eigenvalue weighted by Gasteiger charge is -2.16. The number of nitrogens with zero attached hydrogens (tertiary/aromatic N) is 4. The predicted molar refractivity (Wildman–Crippen MR) is 84.6 cm³/mol. The SMILES string of the molecule is Cn1ncnc1CCNC(=O)[C@H]1CC(=O)N(c2cccc(F)c2)C1. The van der Waals surface area contributed by atoms with Crippen LogP contribution in [0.4, 0.5) is 10.1 Å². The summed E-state index contributed by atoms with van der Waals surface area (Å²) in [5.74, 6) is -0.408. The van der Waals surface area contributed by atoms with Crippen LogP contribution in [0.1, 0.15) is 12.2 Å². The molecule has 2 heterocycles. The molecule has 1 atom stereocenters. The molecule has 24 heavy (non-hydrogen) atoms. The molecule has 0 saturated carbocycles. The van der Waals surface area contributed by atoms with Gasteiger partial charge in [0.2, 0.25) is 11.8 Å². The number of carbonyl (C=O) groups is 2. The van der Waals surface area contributed by atoms with Crippen molar-refractivity contribution in [2.75, 3.05) is 18.0 Å². The Morgan fingerprint density at radius 3 is 3.00 bits per heavy atom. The van der Waals surface area contributed by atoms with Crippen molar-refractivity contribution >= 4 is 17.5 Å². The lowest BCUT2D eigenvalue weighted by molar-refractivity contribution is -0.126. The van der Waals surface area contributed by atoms with E-state index in [1.54, 1.807) is 23.9 Å². The first-order valence-electron chi connectivity index (χ1n) is 7.71. The van der Waals surface area contributed by atoms with Gasteiger partial charge in [-0.25, -0.2) is 9.37 Å². The Morgan fingerprint density at radius 1 is 1.46 bits per heavy atom. The summed E-state index contributed by atoms with van der Waals surface area (Å²) in [5.41, 5.74) is 0.481. The van der Waals surface area contributed by atoms with Gasteiger partial charge in [0.05, 0.1) is 5.92 Å². The van der Waals surface area contributed by atoms with Gasteiger partial charge < -0.3 is 10.2 Å². The zero-order valence-corrected chi connectivity index (χ0v) is 13.3. The van der Waals surface area contributed by atoms with Gasteiger partial charge >= 0.3 is 0 Å². The molecule has 0 unspecified atom stereocenters. The molecule has 2 amide bonds. The highest BCUT2D eigenvalue weighted by Gasteiger charge is 2.35. The number of aryl methyl sites for hydroxylation is 1. The molecule has 2 aromatic rings. The number of halogens is 1. The van der Waals surface area contributed by atoms with Crippen LogP contribution < -0.4 is 10.2 Å². The smallest absolute Gasteiger partial charge is 0.227 e. The van der Waals surface area contributed by atoms with Gasteiger partial charge in [0.1, 0.15) is 18.0 Å². The van der Waals surface area contributed by atoms with E-state index >= 15 is 0 Å². The molecule has 3 rings (SSSR count). The zero-order valence-electron chi connectivity index (χ0n) is 13.3. The summed E-state index contributed by atoms with van der Waals surface area (Å²) in [7, 11) is 1.79. The van der Waals surface area contributed by atoms with E-state index in [-0.39, 0.29) is 24.8 Å². The molecule has 7 nitrogen and oxygen atoms in total. The van der Waals surface area contributed by atoms with E-state index in [0.717, 1.165) is 5.82 Å². The normalized spacial score (nSPS) is 17.3. The zero-order chi connectivity index (χ0) is 17.1. The molecule has 1 fully saturated rings. The molecule has 1 N–H and O–H groups in total. The fourth-order valence-electron chi connectivity index (χ4n) is 2.77. The largest absolute Gasteiger partial charge is 0.355 e. The fraction of sp³-hybridized carbons (Fsp3) is 0.375. The van der Waals surface area contributed by atoms with Gasteiger partial charge in [0, 0.05) is 38.7 Å². The van der Waals surface area contributed by atoms with Crippen LogP contribution in [0.2, 0.25) is 0 Å². The summed E-state index contributed by atoms with van der Waals surface area (Å²) in [6.07, 6.45) is 2.16. The summed E-state index contributed by atoms with van der Waals surface area (Å²) in [4.78, 5) is 29.9. The van der Waals surface area contributed by atoms with E-state index in [1.807, 2.05) is 0 Å². The average molecular weight is 331 g/mol. The molecule has 8 heteroatoms. The van der Waals surface area contributed by atoms with E-state index in [2.05, 4.69) is 15.4 Å². The molecular weight excluding hydrogens is 313 g/mol. The monoisotopic (exact) mass is 331 g/mol. The lowest BCUT2D eigenvalue weighted by atomic mass is 10.1. The number of nitrogens with one attached hydrogen (secondary N) is 1. The number of rotatable bonds is 5. The van der Waals surface area contributed by atoms with E-state index in [1.165, 1.54) is 23.4 Å². The number of aromatic nitrogens is 3. The van der Waals surface area contributed by atoms with Gasteiger partial charge in [0.15, 0.2) is 0 Å². The van der Waals surface area contributed by atoms with Gasteiger partial charge in [0.25, 0.3) is 0 Å². The molecule has 1 aliphatic heterocycles. The van der Waals surface area contributed by atoms with E-state index in [4.69, 9.17) is 0 Å². The number of hydrogen-bond donors (Lipinski definition) is 1. The maximum absolute atomic E-state index is 13.3. The van der Waals surface area contributed by atoms with Crippen molar-refractivity contribution in [1.82, 2.24) is 20.1 Å². The standard InChI is InChI=1S/C16H18FN5O2/c1-21-14(19-10-20-21)5-6-18-16(24)11-7-15(23)22(9-11)13-4-2-3-12(17)8-13/h2-4,8,10-11H,5-7,9H2,1H3,(H,18,24)/t11-/m0/s1. The quantitative estimate of drug-likeness (QED) is 0.873. The Hall–Kier alpha value is -2.77. The van der Waals surface area contributed by atoms with Crippen LogP contribution in [-0.2, 0) is 23.1 Å². The Kier molecular flexibility index (Phi) is 4.54. The molecule has 0 radical (unpaired) electrons. The van der Waals surface area contributed by atoms with Gasteiger partial charge in [-0.15, -0.1) is 0 Å². The first-order chi connectivity index (χ1) is 11.5. The van der Waals surface area contributed by atoms with Crippen LogP contribution in [-0.4, -0.2) is 39.7 Å². The Balaban J connectivity index is 1.55. The molecule has 0 bridgehead atoms. The number of hydrogen-bond acceptors (Lipinski definition) is 4. The number of benzene rings is 1. The van der Waals surface area contributed by atoms with E-state index in [9.17, 15) is 14.0 Å². The Bertz CT molecular complexity index is 760. The van der Waals surface area contributed by atoms with Crippen LogP contribution in [0.5, 0.6) is 0 Å². The van der Waals surface area contributed by atoms with Crippen molar-refractivity contribution in [2.45, 2.75) is 12.8 Å². The highest BCUT2D eigenvalue weighted by molar-refractivity contribution is 6.00. The number of carbonyl (C=O) groups excluding carboxylic acids is 2. The summed E-state index contributed by atoms with van der Waals surface area (Å²) < 4.78 is 15.0. The molecular formula is C16H18FN5O2. The van der Waals surface area contributed by atoms with E-state index in [0.29, 0.717) is 18.7 Å². The third-order valence-electron chi connectivity index (χ3n) is 4.07. The third-order valence-corrected chi connectivity index (χ3v) is 4.07. The highest BCUT2D eigenvalue weighted by atomic mass is 19.1. The molecule has 1 saturated heterocycles. The number of amides is 2. The third kappa shape index (κ3) is 3.42. The van der Waals surface area contributed by atoms with Crippen molar-refractivity contribution in [3.63, 3.8) is 0 Å². The minimum atomic E-state index is -0.430. The second kappa shape index (κ2) is 6.77.